The molecule has 0 amide bonds. The van der Waals surface area contributed by atoms with Gasteiger partial charge in [-0.15, -0.1) is 0 Å². The van der Waals surface area contributed by atoms with Gasteiger partial charge in [0, 0.05) is 25.9 Å². The van der Waals surface area contributed by atoms with E-state index in [0.717, 1.165) is 5.82 Å². The third-order valence-electron chi connectivity index (χ3n) is 1.29. The normalized spacial score (nSPS) is 13.0. The van der Waals surface area contributed by atoms with E-state index in [1.807, 2.05) is 19.3 Å². The maximum Gasteiger partial charge on any atom is 0.148 e. The van der Waals surface area contributed by atoms with Crippen LogP contribution in [-0.2, 0) is 7.05 Å². The first-order chi connectivity index (χ1) is 5.18. The molecule has 0 saturated heterocycles. The average Bonchev–Trinajstić information content (AvgIpc) is 2.31. The lowest BCUT2D eigenvalue weighted by Gasteiger charge is -2.03. The minimum atomic E-state index is -0.336. The van der Waals surface area contributed by atoms with Crippen molar-refractivity contribution < 1.29 is 5.11 Å². The number of nitrogens with one attached hydrogen (secondary N) is 1. The number of hydrogen-bond acceptors (Lipinski definition) is 3. The summed E-state index contributed by atoms with van der Waals surface area (Å²) >= 11 is 0. The highest BCUT2D eigenvalue weighted by Crippen LogP contribution is 1.99. The van der Waals surface area contributed by atoms with Crippen LogP contribution in [0.2, 0.25) is 0 Å². The Morgan fingerprint density at radius 2 is 2.55 bits per heavy atom. The Morgan fingerprint density at radius 3 is 3.00 bits per heavy atom. The maximum atomic E-state index is 8.92. The lowest BCUT2D eigenvalue weighted by molar-refractivity contribution is 0.208. The largest absolute Gasteiger partial charge is 0.392 e. The molecule has 1 rings (SSSR count). The van der Waals surface area contributed by atoms with E-state index in [0.29, 0.717) is 6.54 Å². The number of rotatable bonds is 3. The molecule has 0 aliphatic carbocycles. The monoisotopic (exact) mass is 155 g/mol. The molecule has 4 nitrogen and oxygen atoms in total. The summed E-state index contributed by atoms with van der Waals surface area (Å²) in [6.07, 6.45) is 1.52. The Bertz CT molecular complexity index is 219. The van der Waals surface area contributed by atoms with E-state index in [-0.39, 0.29) is 6.10 Å². The number of nitrogens with zero attached hydrogens (tertiary/aromatic N) is 2. The topological polar surface area (TPSA) is 50.1 Å². The molecule has 11 heavy (non-hydrogen) atoms. The van der Waals surface area contributed by atoms with Gasteiger partial charge in [-0.05, 0) is 6.92 Å². The van der Waals surface area contributed by atoms with Gasteiger partial charge in [0.15, 0.2) is 0 Å². The summed E-state index contributed by atoms with van der Waals surface area (Å²) in [4.78, 5) is 0. The fourth-order valence-electron chi connectivity index (χ4n) is 0.762. The average molecular weight is 155 g/mol. The van der Waals surface area contributed by atoms with Crippen molar-refractivity contribution in [3.05, 3.63) is 12.3 Å². The zero-order valence-corrected chi connectivity index (χ0v) is 6.78. The van der Waals surface area contributed by atoms with Gasteiger partial charge in [0.2, 0.25) is 0 Å². The number of aromatic nitrogens is 2. The first kappa shape index (κ1) is 8.07. The smallest absolute Gasteiger partial charge is 0.148 e. The summed E-state index contributed by atoms with van der Waals surface area (Å²) in [6, 6.07) is 1.86. The molecule has 0 spiro atoms. The highest BCUT2D eigenvalue weighted by molar-refractivity contribution is 5.31. The first-order valence-corrected chi connectivity index (χ1v) is 3.60. The molecule has 0 bridgehead atoms. The molecule has 1 atom stereocenters. The van der Waals surface area contributed by atoms with Crippen LogP contribution in [0.3, 0.4) is 0 Å². The molecule has 2 N–H and O–H groups in total. The van der Waals surface area contributed by atoms with Crippen molar-refractivity contribution >= 4 is 5.82 Å². The van der Waals surface area contributed by atoms with Gasteiger partial charge in [0.1, 0.15) is 5.82 Å². The fourth-order valence-corrected chi connectivity index (χ4v) is 0.762. The Hall–Kier alpha value is -1.03. The van der Waals surface area contributed by atoms with E-state index in [1.165, 1.54) is 0 Å². The van der Waals surface area contributed by atoms with Crippen LogP contribution in [0.5, 0.6) is 0 Å². The number of anilines is 1. The van der Waals surface area contributed by atoms with Crippen molar-refractivity contribution in [2.45, 2.75) is 13.0 Å². The molecule has 62 valence electrons. The Balaban J connectivity index is 2.39. The standard InChI is InChI=1S/C7H13N3O/c1-6(11)5-8-7-3-4-10(2)9-7/h3-4,6,11H,5H2,1-2H3,(H,8,9)/t6-/m1/s1. The predicted molar refractivity (Wildman–Crippen MR) is 43.4 cm³/mol. The lowest BCUT2D eigenvalue weighted by Crippen LogP contribution is -2.15. The molecule has 1 heterocycles. The zero-order chi connectivity index (χ0) is 8.27. The zero-order valence-electron chi connectivity index (χ0n) is 6.78. The molecule has 4 heteroatoms. The molecule has 1 aromatic rings. The summed E-state index contributed by atoms with van der Waals surface area (Å²) < 4.78 is 1.71. The Kier molecular flexibility index (Phi) is 2.48. The van der Waals surface area contributed by atoms with Crippen LogP contribution in [0.25, 0.3) is 0 Å². The molecule has 0 aliphatic heterocycles. The van der Waals surface area contributed by atoms with Gasteiger partial charge >= 0.3 is 0 Å². The first-order valence-electron chi connectivity index (χ1n) is 3.60. The van der Waals surface area contributed by atoms with E-state index < -0.39 is 0 Å². The molecule has 0 radical (unpaired) electrons. The molecule has 0 fully saturated rings. The summed E-state index contributed by atoms with van der Waals surface area (Å²) in [5, 5.41) is 16.0. The SMILES string of the molecule is C[C@@H](O)CNc1ccn(C)n1. The maximum absolute atomic E-state index is 8.92. The van der Waals surface area contributed by atoms with Crippen molar-refractivity contribution in [2.24, 2.45) is 7.05 Å². The van der Waals surface area contributed by atoms with E-state index >= 15 is 0 Å². The van der Waals surface area contributed by atoms with Crippen LogP contribution in [0, 0.1) is 0 Å². The van der Waals surface area contributed by atoms with E-state index in [4.69, 9.17) is 5.11 Å². The minimum absolute atomic E-state index is 0.336. The van der Waals surface area contributed by atoms with Gasteiger partial charge in [0.25, 0.3) is 0 Å². The van der Waals surface area contributed by atoms with Crippen LogP contribution < -0.4 is 5.32 Å². The third-order valence-corrected chi connectivity index (χ3v) is 1.29. The summed E-state index contributed by atoms with van der Waals surface area (Å²) in [5.41, 5.74) is 0. The number of aryl methyl sites for hydroxylation is 1. The van der Waals surface area contributed by atoms with E-state index in [2.05, 4.69) is 10.4 Å². The summed E-state index contributed by atoms with van der Waals surface area (Å²) in [6.45, 7) is 2.27. The van der Waals surface area contributed by atoms with Crippen LogP contribution in [0.1, 0.15) is 6.92 Å². The van der Waals surface area contributed by atoms with Gasteiger partial charge in [-0.1, -0.05) is 0 Å². The summed E-state index contributed by atoms with van der Waals surface area (Å²) in [7, 11) is 1.85. The predicted octanol–water partition coefficient (Wildman–Crippen LogP) is 0.213. The van der Waals surface area contributed by atoms with E-state index in [9.17, 15) is 0 Å². The van der Waals surface area contributed by atoms with E-state index in [1.54, 1.807) is 11.6 Å². The van der Waals surface area contributed by atoms with Gasteiger partial charge in [0.05, 0.1) is 6.10 Å². The van der Waals surface area contributed by atoms with Crippen LogP contribution in [0.4, 0.5) is 5.82 Å². The molecule has 0 unspecified atom stereocenters. The summed E-state index contributed by atoms with van der Waals surface area (Å²) in [5.74, 6) is 0.799. The second-order valence-electron chi connectivity index (χ2n) is 2.60. The van der Waals surface area contributed by atoms with Crippen molar-refractivity contribution in [3.63, 3.8) is 0 Å². The van der Waals surface area contributed by atoms with Gasteiger partial charge in [-0.2, -0.15) is 5.10 Å². The molecule has 0 saturated carbocycles. The minimum Gasteiger partial charge on any atom is -0.392 e. The molecule has 0 aromatic carbocycles. The van der Waals surface area contributed by atoms with Gasteiger partial charge < -0.3 is 10.4 Å². The molecule has 1 aromatic heterocycles. The quantitative estimate of drug-likeness (QED) is 0.656. The van der Waals surface area contributed by atoms with Gasteiger partial charge in [-0.25, -0.2) is 0 Å². The highest BCUT2D eigenvalue weighted by atomic mass is 16.3. The second kappa shape index (κ2) is 3.39. The van der Waals surface area contributed by atoms with Crippen LogP contribution >= 0.6 is 0 Å². The third kappa shape index (κ3) is 2.59. The highest BCUT2D eigenvalue weighted by Gasteiger charge is 1.97. The van der Waals surface area contributed by atoms with Crippen molar-refractivity contribution in [1.29, 1.82) is 0 Å². The van der Waals surface area contributed by atoms with Crippen LogP contribution in [-0.4, -0.2) is 27.5 Å². The van der Waals surface area contributed by atoms with Crippen molar-refractivity contribution in [2.75, 3.05) is 11.9 Å². The van der Waals surface area contributed by atoms with Crippen LogP contribution in [0.15, 0.2) is 12.3 Å². The number of hydrogen-bond donors (Lipinski definition) is 2. The molecular formula is C7H13N3O. The number of aliphatic hydroxyl groups excluding tert-OH is 1. The fraction of sp³-hybridized carbons (Fsp3) is 0.571. The number of aliphatic hydroxyl groups is 1. The van der Waals surface area contributed by atoms with Crippen molar-refractivity contribution in [1.82, 2.24) is 9.78 Å². The second-order valence-corrected chi connectivity index (χ2v) is 2.60. The Morgan fingerprint density at radius 1 is 1.82 bits per heavy atom. The van der Waals surface area contributed by atoms with Crippen molar-refractivity contribution in [3.8, 4) is 0 Å². The van der Waals surface area contributed by atoms with Gasteiger partial charge in [-0.3, -0.25) is 4.68 Å². The Labute approximate surface area is 65.8 Å². The lowest BCUT2D eigenvalue weighted by atomic mass is 10.4. The molecule has 0 aliphatic rings. The molecular weight excluding hydrogens is 142 g/mol.